The predicted octanol–water partition coefficient (Wildman–Crippen LogP) is 7.89. The van der Waals surface area contributed by atoms with E-state index in [-0.39, 0.29) is 18.5 Å². The zero-order chi connectivity index (χ0) is 29.1. The van der Waals surface area contributed by atoms with Crippen molar-refractivity contribution >= 4 is 16.8 Å². The summed E-state index contributed by atoms with van der Waals surface area (Å²) >= 11 is 0. The van der Waals surface area contributed by atoms with Gasteiger partial charge in [-0.3, -0.25) is 9.29 Å². The lowest BCUT2D eigenvalue weighted by atomic mass is 9.86. The molecular weight excluding hydrogens is 530 g/mol. The largest absolute Gasteiger partial charge is 0.504 e. The van der Waals surface area contributed by atoms with Crippen molar-refractivity contribution in [3.8, 4) is 22.6 Å². The average molecular weight is 567 g/mol. The summed E-state index contributed by atoms with van der Waals surface area (Å²) in [6.07, 6.45) is 3.98. The van der Waals surface area contributed by atoms with E-state index in [0.717, 1.165) is 83.7 Å². The number of phenols is 1. The lowest BCUT2D eigenvalue weighted by Crippen LogP contribution is -2.26. The molecule has 4 nitrogen and oxygen atoms in total. The van der Waals surface area contributed by atoms with Gasteiger partial charge in [0.15, 0.2) is 11.6 Å². The number of nitrogens with two attached hydrogens (primary N) is 1. The molecule has 0 radical (unpaired) electrons. The Morgan fingerprint density at radius 3 is 2.48 bits per heavy atom. The average Bonchev–Trinajstić information content (AvgIpc) is 3.36. The number of nitrogen functional groups attached to an aromatic ring is 1. The number of fused-ring (bicyclic) bond motifs is 1. The highest BCUT2D eigenvalue weighted by molar-refractivity contribution is 6.01. The third-order valence-electron chi connectivity index (χ3n) is 8.36. The smallest absolute Gasteiger partial charge is 0.165 e. The van der Waals surface area contributed by atoms with Crippen LogP contribution in [0.3, 0.4) is 0 Å². The molecule has 2 aliphatic rings. The van der Waals surface area contributed by atoms with Gasteiger partial charge in [-0.2, -0.15) is 0 Å². The second-order valence-electron chi connectivity index (χ2n) is 11.2. The lowest BCUT2D eigenvalue weighted by molar-refractivity contribution is 0.198. The van der Waals surface area contributed by atoms with Crippen LogP contribution in [-0.2, 0) is 6.42 Å². The van der Waals surface area contributed by atoms with Crippen molar-refractivity contribution in [2.75, 3.05) is 32.0 Å². The van der Waals surface area contributed by atoms with Crippen molar-refractivity contribution in [3.63, 3.8) is 0 Å². The number of halogens is 2. The molecule has 3 N–H and O–H groups in total. The molecule has 4 aromatic carbocycles. The van der Waals surface area contributed by atoms with E-state index >= 15 is 0 Å². The van der Waals surface area contributed by atoms with Crippen LogP contribution in [0.2, 0.25) is 0 Å². The van der Waals surface area contributed by atoms with Crippen molar-refractivity contribution in [1.82, 2.24) is 4.90 Å². The fourth-order valence-electron chi connectivity index (χ4n) is 6.32. The maximum absolute atomic E-state index is 14.6. The van der Waals surface area contributed by atoms with Crippen LogP contribution in [0.1, 0.15) is 47.9 Å². The molecule has 1 atom stereocenters. The first-order valence-electron chi connectivity index (χ1n) is 14.8. The van der Waals surface area contributed by atoms with Crippen LogP contribution < -0.4 is 10.5 Å². The number of phenolic OH excluding ortho intramolecular Hbond substituents is 1. The number of alkyl halides is 1. The number of ether oxygens (including phenoxy) is 1. The monoisotopic (exact) mass is 566 g/mol. The van der Waals surface area contributed by atoms with Gasteiger partial charge in [-0.15, -0.1) is 0 Å². The third kappa shape index (κ3) is 5.90. The molecule has 0 bridgehead atoms. The fourth-order valence-corrected chi connectivity index (χ4v) is 6.32. The third-order valence-corrected chi connectivity index (χ3v) is 8.36. The van der Waals surface area contributed by atoms with Gasteiger partial charge in [0.1, 0.15) is 11.9 Å². The summed E-state index contributed by atoms with van der Waals surface area (Å²) in [7, 11) is 0. The number of likely N-dealkylation sites (tertiary alicyclic amines) is 1. The summed E-state index contributed by atoms with van der Waals surface area (Å²) in [5, 5.41) is 10.8. The molecule has 0 saturated carbocycles. The number of hydrogen-bond donors (Lipinski definition) is 2. The molecule has 4 aromatic rings. The number of anilines is 1. The van der Waals surface area contributed by atoms with Gasteiger partial charge in [0.05, 0.1) is 6.67 Å². The number of hydrogen-bond acceptors (Lipinski definition) is 4. The van der Waals surface area contributed by atoms with E-state index in [1.807, 2.05) is 30.3 Å². The van der Waals surface area contributed by atoms with Gasteiger partial charge in [-0.05, 0) is 101 Å². The van der Waals surface area contributed by atoms with Crippen molar-refractivity contribution in [2.45, 2.75) is 38.2 Å². The van der Waals surface area contributed by atoms with Gasteiger partial charge in [0.2, 0.25) is 0 Å². The maximum atomic E-state index is 14.6. The quantitative estimate of drug-likeness (QED) is 0.213. The van der Waals surface area contributed by atoms with Gasteiger partial charge >= 0.3 is 0 Å². The first-order valence-corrected chi connectivity index (χ1v) is 14.8. The minimum absolute atomic E-state index is 0.0820. The SMILES string of the molecule is Nc1cccc(-c2ccc3c(c2)CCCC(c2cccc(F)c2O)=C3c2ccc(OC3CCN(CCCF)C3)cc2)c1. The van der Waals surface area contributed by atoms with Gasteiger partial charge in [0.25, 0.3) is 0 Å². The van der Waals surface area contributed by atoms with E-state index in [2.05, 4.69) is 41.3 Å². The van der Waals surface area contributed by atoms with E-state index in [4.69, 9.17) is 10.5 Å². The summed E-state index contributed by atoms with van der Waals surface area (Å²) in [4.78, 5) is 2.25. The lowest BCUT2D eigenvalue weighted by Gasteiger charge is -2.19. The molecule has 1 aliphatic carbocycles. The van der Waals surface area contributed by atoms with E-state index < -0.39 is 5.82 Å². The highest BCUT2D eigenvalue weighted by atomic mass is 19.1. The van der Waals surface area contributed by atoms with Gasteiger partial charge < -0.3 is 15.6 Å². The molecule has 0 aromatic heterocycles. The maximum Gasteiger partial charge on any atom is 0.165 e. The Hall–Kier alpha value is -4.16. The summed E-state index contributed by atoms with van der Waals surface area (Å²) in [6, 6.07) is 27.2. The molecule has 6 heteroatoms. The number of allylic oxidation sites excluding steroid dienone is 1. The second kappa shape index (κ2) is 12.4. The van der Waals surface area contributed by atoms with Crippen LogP contribution in [0.4, 0.5) is 14.5 Å². The highest BCUT2D eigenvalue weighted by Crippen LogP contribution is 2.44. The summed E-state index contributed by atoms with van der Waals surface area (Å²) in [6.45, 7) is 2.20. The Labute approximate surface area is 246 Å². The second-order valence-corrected chi connectivity index (χ2v) is 11.2. The molecule has 6 rings (SSSR count). The van der Waals surface area contributed by atoms with Crippen molar-refractivity contribution in [2.24, 2.45) is 0 Å². The van der Waals surface area contributed by atoms with Crippen LogP contribution in [-0.4, -0.2) is 42.4 Å². The number of aromatic hydroxyl groups is 1. The number of aryl methyl sites for hydroxylation is 1. The van der Waals surface area contributed by atoms with Crippen molar-refractivity contribution < 1.29 is 18.6 Å². The number of nitrogens with zero attached hydrogens (tertiary/aromatic N) is 1. The van der Waals surface area contributed by atoms with Gasteiger partial charge in [-0.1, -0.05) is 54.6 Å². The van der Waals surface area contributed by atoms with Crippen LogP contribution in [0.25, 0.3) is 22.3 Å². The zero-order valence-electron chi connectivity index (χ0n) is 23.7. The minimum atomic E-state index is -0.623. The van der Waals surface area contributed by atoms with E-state index in [9.17, 15) is 13.9 Å². The molecule has 42 heavy (non-hydrogen) atoms. The van der Waals surface area contributed by atoms with E-state index in [0.29, 0.717) is 18.4 Å². The summed E-state index contributed by atoms with van der Waals surface area (Å²) in [5.74, 6) is -0.150. The van der Waals surface area contributed by atoms with Gasteiger partial charge in [-0.25, -0.2) is 4.39 Å². The van der Waals surface area contributed by atoms with Crippen LogP contribution in [0.5, 0.6) is 11.5 Å². The van der Waals surface area contributed by atoms with Crippen LogP contribution in [0.15, 0.2) is 84.9 Å². The summed E-state index contributed by atoms with van der Waals surface area (Å²) < 4.78 is 33.4. The molecular formula is C36H36F2N2O2. The fraction of sp³-hybridized carbons (Fsp3) is 0.278. The Morgan fingerprint density at radius 1 is 0.881 bits per heavy atom. The first-order chi connectivity index (χ1) is 20.5. The normalized spacial score (nSPS) is 17.2. The molecule has 1 unspecified atom stereocenters. The Kier molecular flexibility index (Phi) is 8.24. The van der Waals surface area contributed by atoms with E-state index in [1.54, 1.807) is 12.1 Å². The molecule has 1 fully saturated rings. The molecule has 216 valence electrons. The minimum Gasteiger partial charge on any atom is -0.504 e. The van der Waals surface area contributed by atoms with Crippen molar-refractivity contribution in [1.29, 1.82) is 0 Å². The number of rotatable bonds is 8. The van der Waals surface area contributed by atoms with Crippen LogP contribution in [0, 0.1) is 5.82 Å². The first kappa shape index (κ1) is 28.0. The number of para-hydroxylation sites is 1. The van der Waals surface area contributed by atoms with Crippen molar-refractivity contribution in [3.05, 3.63) is 113 Å². The molecule has 1 saturated heterocycles. The number of benzene rings is 4. The molecule has 1 aliphatic heterocycles. The Morgan fingerprint density at radius 2 is 1.67 bits per heavy atom. The van der Waals surface area contributed by atoms with Gasteiger partial charge in [0, 0.05) is 30.9 Å². The molecule has 1 heterocycles. The standard InChI is InChI=1S/C36H36F2N2O2/c37-18-4-19-40-20-17-30(23-40)42-29-14-11-24(12-15-29)35-31-16-13-26(25-5-1-7-28(39)22-25)21-27(31)6-2-8-32(35)33-9-3-10-34(38)36(33)41/h1,3,5,7,9-16,21-22,30,41H,2,4,6,8,17-20,23,39H2. The summed E-state index contributed by atoms with van der Waals surface area (Å²) in [5.41, 5.74) is 14.7. The topological polar surface area (TPSA) is 58.7 Å². The van der Waals surface area contributed by atoms with Crippen LogP contribution >= 0.6 is 0 Å². The molecule has 0 amide bonds. The molecule has 0 spiro atoms. The Balaban J connectivity index is 1.38. The highest BCUT2D eigenvalue weighted by Gasteiger charge is 2.25. The van der Waals surface area contributed by atoms with E-state index in [1.165, 1.54) is 11.6 Å². The Bertz CT molecular complexity index is 1600. The zero-order valence-corrected chi connectivity index (χ0v) is 23.7. The predicted molar refractivity (Wildman–Crippen MR) is 166 cm³/mol.